The number of esters is 1. The smallest absolute Gasteiger partial charge is 0.311 e. The molecule has 1 aliphatic heterocycles. The van der Waals surface area contributed by atoms with E-state index in [4.69, 9.17) is 0 Å². The van der Waals surface area contributed by atoms with Gasteiger partial charge in [-0.3, -0.25) is 9.48 Å². The lowest BCUT2D eigenvalue weighted by Gasteiger charge is -2.35. The van der Waals surface area contributed by atoms with Gasteiger partial charge in [0.1, 0.15) is 4.90 Å². The average Bonchev–Trinajstić information content (AvgIpc) is 2.62. The van der Waals surface area contributed by atoms with E-state index in [9.17, 15) is 13.2 Å². The first kappa shape index (κ1) is 12.1. The van der Waals surface area contributed by atoms with E-state index in [0.717, 1.165) is 0 Å². The third kappa shape index (κ3) is 2.05. The van der Waals surface area contributed by atoms with Gasteiger partial charge < -0.3 is 4.74 Å². The summed E-state index contributed by atoms with van der Waals surface area (Å²) in [4.78, 5) is 11.3. The van der Waals surface area contributed by atoms with Gasteiger partial charge in [0.05, 0.1) is 19.2 Å². The second-order valence-electron chi connectivity index (χ2n) is 3.89. The first-order chi connectivity index (χ1) is 7.95. The summed E-state index contributed by atoms with van der Waals surface area (Å²) in [5.41, 5.74) is 0. The number of aromatic nitrogens is 2. The molecule has 1 aromatic rings. The van der Waals surface area contributed by atoms with Crippen LogP contribution < -0.4 is 0 Å². The van der Waals surface area contributed by atoms with Crippen molar-refractivity contribution in [1.29, 1.82) is 0 Å². The molecule has 0 aliphatic carbocycles. The van der Waals surface area contributed by atoms with E-state index >= 15 is 0 Å². The number of aryl methyl sites for hydroxylation is 1. The highest BCUT2D eigenvalue weighted by Gasteiger charge is 2.41. The molecule has 0 spiro atoms. The zero-order valence-electron chi connectivity index (χ0n) is 9.53. The largest absolute Gasteiger partial charge is 0.469 e. The predicted molar refractivity (Wildman–Crippen MR) is 57.5 cm³/mol. The lowest BCUT2D eigenvalue weighted by molar-refractivity contribution is -0.149. The average molecular weight is 259 g/mol. The molecule has 0 radical (unpaired) electrons. The molecule has 2 rings (SSSR count). The van der Waals surface area contributed by atoms with Crippen molar-refractivity contribution in [2.75, 3.05) is 20.2 Å². The number of hydrogen-bond donors (Lipinski definition) is 0. The highest BCUT2D eigenvalue weighted by Crippen LogP contribution is 2.25. The second kappa shape index (κ2) is 4.11. The van der Waals surface area contributed by atoms with Crippen LogP contribution in [0.2, 0.25) is 0 Å². The van der Waals surface area contributed by atoms with Crippen molar-refractivity contribution < 1.29 is 17.9 Å². The van der Waals surface area contributed by atoms with Gasteiger partial charge in [0.25, 0.3) is 0 Å². The summed E-state index contributed by atoms with van der Waals surface area (Å²) in [5.74, 6) is -0.728. The number of carbonyl (C=O) groups is 1. The minimum atomic E-state index is -3.51. The fourth-order valence-electron chi connectivity index (χ4n) is 1.63. The first-order valence-electron chi connectivity index (χ1n) is 5.02. The Morgan fingerprint density at radius 2 is 2.18 bits per heavy atom. The maximum absolute atomic E-state index is 12.0. The molecular weight excluding hydrogens is 246 g/mol. The zero-order valence-corrected chi connectivity index (χ0v) is 10.3. The Morgan fingerprint density at radius 3 is 2.65 bits per heavy atom. The van der Waals surface area contributed by atoms with Crippen LogP contribution in [0.15, 0.2) is 17.3 Å². The molecule has 1 fully saturated rings. The van der Waals surface area contributed by atoms with E-state index in [2.05, 4.69) is 9.84 Å². The summed E-state index contributed by atoms with van der Waals surface area (Å²) in [5, 5.41) is 3.81. The molecule has 0 unspecified atom stereocenters. The summed E-state index contributed by atoms with van der Waals surface area (Å²) in [6.45, 7) is 0.341. The molecule has 1 aliphatic rings. The van der Waals surface area contributed by atoms with Gasteiger partial charge in [-0.2, -0.15) is 9.40 Å². The van der Waals surface area contributed by atoms with E-state index in [-0.39, 0.29) is 29.9 Å². The summed E-state index contributed by atoms with van der Waals surface area (Å²) < 4.78 is 31.2. The number of rotatable bonds is 3. The van der Waals surface area contributed by atoms with Gasteiger partial charge in [-0.05, 0) is 0 Å². The minimum Gasteiger partial charge on any atom is -0.469 e. The Balaban J connectivity index is 2.08. The van der Waals surface area contributed by atoms with E-state index in [0.29, 0.717) is 0 Å². The molecule has 8 heteroatoms. The third-order valence-corrected chi connectivity index (χ3v) is 4.49. The Labute approximate surface area is 99.0 Å². The van der Waals surface area contributed by atoms with Crippen molar-refractivity contribution >= 4 is 16.0 Å². The van der Waals surface area contributed by atoms with Gasteiger partial charge in [-0.25, -0.2) is 8.42 Å². The van der Waals surface area contributed by atoms with Crippen LogP contribution in [0, 0.1) is 5.92 Å². The van der Waals surface area contributed by atoms with Crippen LogP contribution in [0.25, 0.3) is 0 Å². The van der Waals surface area contributed by atoms with E-state index in [1.807, 2.05) is 0 Å². The maximum atomic E-state index is 12.0. The summed E-state index contributed by atoms with van der Waals surface area (Å²) in [6, 6.07) is 0. The Hall–Kier alpha value is -1.41. The summed E-state index contributed by atoms with van der Waals surface area (Å²) >= 11 is 0. The normalized spacial score (nSPS) is 17.8. The number of methoxy groups -OCH3 is 1. The first-order valence-corrected chi connectivity index (χ1v) is 6.46. The standard InChI is InChI=1S/C9H13N3O4S/c1-11-6-8(3-10-11)17(14,15)12-4-7(5-12)9(13)16-2/h3,6-7H,4-5H2,1-2H3. The van der Waals surface area contributed by atoms with Gasteiger partial charge in [0, 0.05) is 26.3 Å². The number of nitrogens with zero attached hydrogens (tertiary/aromatic N) is 3. The molecule has 0 aromatic carbocycles. The van der Waals surface area contributed by atoms with Crippen LogP contribution in [0.3, 0.4) is 0 Å². The van der Waals surface area contributed by atoms with Gasteiger partial charge >= 0.3 is 5.97 Å². The highest BCUT2D eigenvalue weighted by atomic mass is 32.2. The topological polar surface area (TPSA) is 81.5 Å². The van der Waals surface area contributed by atoms with Gasteiger partial charge in [0.15, 0.2) is 0 Å². The lowest BCUT2D eigenvalue weighted by atomic mass is 10.0. The minimum absolute atomic E-state index is 0.142. The van der Waals surface area contributed by atoms with Crippen molar-refractivity contribution in [2.24, 2.45) is 13.0 Å². The van der Waals surface area contributed by atoms with Crippen molar-refractivity contribution in [1.82, 2.24) is 14.1 Å². The van der Waals surface area contributed by atoms with Gasteiger partial charge in [0.2, 0.25) is 10.0 Å². The van der Waals surface area contributed by atoms with Crippen LogP contribution in [0.5, 0.6) is 0 Å². The number of sulfonamides is 1. The maximum Gasteiger partial charge on any atom is 0.311 e. The molecule has 7 nitrogen and oxygen atoms in total. The van der Waals surface area contributed by atoms with Crippen LogP contribution in [-0.4, -0.2) is 48.7 Å². The Kier molecular flexibility index (Phi) is 2.92. The van der Waals surface area contributed by atoms with Gasteiger partial charge in [-0.15, -0.1) is 0 Å². The zero-order chi connectivity index (χ0) is 12.6. The quantitative estimate of drug-likeness (QED) is 0.665. The fraction of sp³-hybridized carbons (Fsp3) is 0.556. The Morgan fingerprint density at radius 1 is 1.53 bits per heavy atom. The number of ether oxygens (including phenoxy) is 1. The van der Waals surface area contributed by atoms with Crippen LogP contribution in [0.4, 0.5) is 0 Å². The van der Waals surface area contributed by atoms with Crippen LogP contribution >= 0.6 is 0 Å². The van der Waals surface area contributed by atoms with Crippen LogP contribution in [-0.2, 0) is 26.6 Å². The molecule has 17 heavy (non-hydrogen) atoms. The van der Waals surface area contributed by atoms with Crippen molar-refractivity contribution in [3.8, 4) is 0 Å². The van der Waals surface area contributed by atoms with E-state index < -0.39 is 10.0 Å². The molecule has 0 bridgehead atoms. The molecule has 94 valence electrons. The molecule has 2 heterocycles. The molecule has 0 N–H and O–H groups in total. The molecule has 0 saturated carbocycles. The van der Waals surface area contributed by atoms with Crippen molar-refractivity contribution in [2.45, 2.75) is 4.90 Å². The predicted octanol–water partition coefficient (Wildman–Crippen LogP) is -0.786. The van der Waals surface area contributed by atoms with Crippen molar-refractivity contribution in [3.05, 3.63) is 12.4 Å². The van der Waals surface area contributed by atoms with Crippen molar-refractivity contribution in [3.63, 3.8) is 0 Å². The number of hydrogen-bond acceptors (Lipinski definition) is 5. The van der Waals surface area contributed by atoms with E-state index in [1.54, 1.807) is 7.05 Å². The third-order valence-electron chi connectivity index (χ3n) is 2.70. The SMILES string of the molecule is COC(=O)C1CN(S(=O)(=O)c2cnn(C)c2)C1. The molecular formula is C9H13N3O4S. The van der Waals surface area contributed by atoms with E-state index in [1.165, 1.54) is 28.5 Å². The molecule has 1 saturated heterocycles. The molecule has 0 atom stereocenters. The summed E-state index contributed by atoms with van der Waals surface area (Å²) in [6.07, 6.45) is 2.72. The number of carbonyl (C=O) groups excluding carboxylic acids is 1. The van der Waals surface area contributed by atoms with Gasteiger partial charge in [-0.1, -0.05) is 0 Å². The Bertz CT molecular complexity index is 530. The highest BCUT2D eigenvalue weighted by molar-refractivity contribution is 7.89. The summed E-state index contributed by atoms with van der Waals surface area (Å²) in [7, 11) is -0.576. The van der Waals surface area contributed by atoms with Crippen LogP contribution in [0.1, 0.15) is 0 Å². The fourth-order valence-corrected chi connectivity index (χ4v) is 3.15. The monoisotopic (exact) mass is 259 g/mol. The molecule has 0 amide bonds. The second-order valence-corrected chi connectivity index (χ2v) is 5.83. The molecule has 1 aromatic heterocycles. The lowest BCUT2D eigenvalue weighted by Crippen LogP contribution is -2.53.